The van der Waals surface area contributed by atoms with Gasteiger partial charge in [0.2, 0.25) is 0 Å². The van der Waals surface area contributed by atoms with Gasteiger partial charge < -0.3 is 5.11 Å². The smallest absolute Gasteiger partial charge is 0.123 e. The second-order valence-electron chi connectivity index (χ2n) is 5.48. The molecule has 0 spiro atoms. The van der Waals surface area contributed by atoms with E-state index in [-0.39, 0.29) is 18.5 Å². The van der Waals surface area contributed by atoms with Gasteiger partial charge in [-0.25, -0.2) is 9.07 Å². The maximum absolute atomic E-state index is 13.1. The number of halogens is 1. The highest BCUT2D eigenvalue weighted by Gasteiger charge is 2.18. The van der Waals surface area contributed by atoms with Gasteiger partial charge in [-0.3, -0.25) is 0 Å². The summed E-state index contributed by atoms with van der Waals surface area (Å²) in [5, 5.41) is 17.8. The zero-order valence-corrected chi connectivity index (χ0v) is 12.9. The molecule has 4 nitrogen and oxygen atoms in total. The summed E-state index contributed by atoms with van der Waals surface area (Å²) in [5.41, 5.74) is 3.46. The Kier molecular flexibility index (Phi) is 4.48. The maximum Gasteiger partial charge on any atom is 0.123 e. The van der Waals surface area contributed by atoms with E-state index < -0.39 is 0 Å². The van der Waals surface area contributed by atoms with E-state index in [0.29, 0.717) is 12.1 Å². The number of benzene rings is 2. The number of nitrogens with zero attached hydrogens (tertiary/aromatic N) is 3. The predicted octanol–water partition coefficient (Wildman–Crippen LogP) is 3.11. The van der Waals surface area contributed by atoms with Gasteiger partial charge in [-0.1, -0.05) is 47.7 Å². The summed E-state index contributed by atoms with van der Waals surface area (Å²) in [6.07, 6.45) is 0.542. The standard InChI is InChI=1S/C18H18FN3O/c1-13(15-5-3-2-4-6-15)22-18(17(12-23)20-21-22)11-14-7-9-16(19)10-8-14/h2-10,13,23H,11-12H2,1H3. The molecule has 0 amide bonds. The third-order valence-electron chi connectivity index (χ3n) is 3.95. The van der Waals surface area contributed by atoms with Crippen molar-refractivity contribution < 1.29 is 9.50 Å². The number of aromatic nitrogens is 3. The molecule has 1 heterocycles. The molecule has 0 aliphatic carbocycles. The monoisotopic (exact) mass is 311 g/mol. The molecule has 0 aliphatic rings. The third-order valence-corrected chi connectivity index (χ3v) is 3.95. The van der Waals surface area contributed by atoms with E-state index in [0.717, 1.165) is 16.8 Å². The summed E-state index contributed by atoms with van der Waals surface area (Å²) in [4.78, 5) is 0. The fraction of sp³-hybridized carbons (Fsp3) is 0.222. The fourth-order valence-corrected chi connectivity index (χ4v) is 2.63. The van der Waals surface area contributed by atoms with Crippen LogP contribution in [0.25, 0.3) is 0 Å². The van der Waals surface area contributed by atoms with E-state index >= 15 is 0 Å². The number of hydrogen-bond donors (Lipinski definition) is 1. The van der Waals surface area contributed by atoms with Gasteiger partial charge in [-0.2, -0.15) is 0 Å². The van der Waals surface area contributed by atoms with E-state index in [1.54, 1.807) is 12.1 Å². The molecule has 0 aliphatic heterocycles. The number of aliphatic hydroxyl groups is 1. The lowest BCUT2D eigenvalue weighted by molar-refractivity contribution is 0.275. The molecular formula is C18H18FN3O. The molecule has 0 bridgehead atoms. The largest absolute Gasteiger partial charge is 0.390 e. The Morgan fingerprint density at radius 3 is 2.43 bits per heavy atom. The highest BCUT2D eigenvalue weighted by Crippen LogP contribution is 2.22. The van der Waals surface area contributed by atoms with Crippen molar-refractivity contribution in [3.63, 3.8) is 0 Å². The quantitative estimate of drug-likeness (QED) is 0.787. The second-order valence-corrected chi connectivity index (χ2v) is 5.48. The van der Waals surface area contributed by atoms with Crippen molar-refractivity contribution in [3.05, 3.63) is 82.9 Å². The van der Waals surface area contributed by atoms with Crippen LogP contribution in [-0.4, -0.2) is 20.1 Å². The number of aliphatic hydroxyl groups excluding tert-OH is 1. The zero-order chi connectivity index (χ0) is 16.2. The predicted molar refractivity (Wildman–Crippen MR) is 85.4 cm³/mol. The van der Waals surface area contributed by atoms with Gasteiger partial charge in [0.05, 0.1) is 18.3 Å². The Morgan fingerprint density at radius 2 is 1.78 bits per heavy atom. The molecule has 118 valence electrons. The molecule has 0 saturated heterocycles. The Labute approximate surface area is 134 Å². The first-order chi connectivity index (χ1) is 11.2. The molecule has 1 unspecified atom stereocenters. The van der Waals surface area contributed by atoms with Gasteiger partial charge in [0.1, 0.15) is 11.5 Å². The van der Waals surface area contributed by atoms with Crippen molar-refractivity contribution in [1.29, 1.82) is 0 Å². The van der Waals surface area contributed by atoms with Crippen molar-refractivity contribution in [2.45, 2.75) is 26.0 Å². The average Bonchev–Trinajstić information content (AvgIpc) is 2.99. The van der Waals surface area contributed by atoms with Crippen LogP contribution in [0.5, 0.6) is 0 Å². The lowest BCUT2D eigenvalue weighted by Gasteiger charge is -2.16. The first kappa shape index (κ1) is 15.4. The van der Waals surface area contributed by atoms with E-state index in [9.17, 15) is 9.50 Å². The number of hydrogen-bond acceptors (Lipinski definition) is 3. The summed E-state index contributed by atoms with van der Waals surface area (Å²) in [5.74, 6) is -0.264. The first-order valence-corrected chi connectivity index (χ1v) is 7.52. The van der Waals surface area contributed by atoms with E-state index in [4.69, 9.17) is 0 Å². The molecule has 0 saturated carbocycles. The van der Waals surface area contributed by atoms with Gasteiger partial charge in [0.25, 0.3) is 0 Å². The molecule has 0 radical (unpaired) electrons. The van der Waals surface area contributed by atoms with Gasteiger partial charge in [-0.05, 0) is 30.2 Å². The lowest BCUT2D eigenvalue weighted by Crippen LogP contribution is -2.13. The topological polar surface area (TPSA) is 50.9 Å². The summed E-state index contributed by atoms with van der Waals surface area (Å²) < 4.78 is 14.9. The summed E-state index contributed by atoms with van der Waals surface area (Å²) >= 11 is 0. The maximum atomic E-state index is 13.1. The van der Waals surface area contributed by atoms with Crippen molar-refractivity contribution in [3.8, 4) is 0 Å². The molecule has 1 N–H and O–H groups in total. The highest BCUT2D eigenvalue weighted by atomic mass is 19.1. The van der Waals surface area contributed by atoms with Gasteiger partial charge in [0.15, 0.2) is 0 Å². The summed E-state index contributed by atoms with van der Waals surface area (Å²) in [7, 11) is 0. The van der Waals surface area contributed by atoms with Crippen LogP contribution in [0.4, 0.5) is 4.39 Å². The zero-order valence-electron chi connectivity index (χ0n) is 12.9. The molecular weight excluding hydrogens is 293 g/mol. The van der Waals surface area contributed by atoms with E-state index in [1.807, 2.05) is 41.9 Å². The van der Waals surface area contributed by atoms with Gasteiger partial charge in [0, 0.05) is 6.42 Å². The van der Waals surface area contributed by atoms with Gasteiger partial charge in [-0.15, -0.1) is 5.10 Å². The van der Waals surface area contributed by atoms with Crippen LogP contribution >= 0.6 is 0 Å². The minimum atomic E-state index is -0.264. The van der Waals surface area contributed by atoms with E-state index in [2.05, 4.69) is 10.3 Å². The van der Waals surface area contributed by atoms with Crippen molar-refractivity contribution >= 4 is 0 Å². The highest BCUT2D eigenvalue weighted by molar-refractivity contribution is 5.26. The Morgan fingerprint density at radius 1 is 1.09 bits per heavy atom. The molecule has 1 atom stereocenters. The molecule has 3 rings (SSSR count). The molecule has 2 aromatic carbocycles. The Hall–Kier alpha value is -2.53. The van der Waals surface area contributed by atoms with Crippen molar-refractivity contribution in [1.82, 2.24) is 15.0 Å². The van der Waals surface area contributed by atoms with E-state index in [1.165, 1.54) is 12.1 Å². The minimum Gasteiger partial charge on any atom is -0.390 e. The SMILES string of the molecule is CC(c1ccccc1)n1nnc(CO)c1Cc1ccc(F)cc1. The molecule has 1 aromatic heterocycles. The van der Waals surface area contributed by atoms with Crippen LogP contribution in [0.1, 0.15) is 35.5 Å². The van der Waals surface area contributed by atoms with Crippen LogP contribution in [0.15, 0.2) is 54.6 Å². The Balaban J connectivity index is 1.95. The molecule has 23 heavy (non-hydrogen) atoms. The third kappa shape index (κ3) is 3.29. The normalized spacial score (nSPS) is 12.3. The van der Waals surface area contributed by atoms with Crippen molar-refractivity contribution in [2.75, 3.05) is 0 Å². The average molecular weight is 311 g/mol. The molecule has 3 aromatic rings. The first-order valence-electron chi connectivity index (χ1n) is 7.52. The second kappa shape index (κ2) is 6.71. The van der Waals surface area contributed by atoms with Crippen LogP contribution < -0.4 is 0 Å². The summed E-state index contributed by atoms with van der Waals surface area (Å²) in [6, 6.07) is 16.3. The lowest BCUT2D eigenvalue weighted by atomic mass is 10.1. The van der Waals surface area contributed by atoms with Crippen LogP contribution in [-0.2, 0) is 13.0 Å². The molecule has 5 heteroatoms. The van der Waals surface area contributed by atoms with Crippen LogP contribution in [0.2, 0.25) is 0 Å². The van der Waals surface area contributed by atoms with Crippen LogP contribution in [0.3, 0.4) is 0 Å². The minimum absolute atomic E-state index is 0.000511. The molecule has 0 fully saturated rings. The van der Waals surface area contributed by atoms with Crippen molar-refractivity contribution in [2.24, 2.45) is 0 Å². The fourth-order valence-electron chi connectivity index (χ4n) is 2.63. The van der Waals surface area contributed by atoms with Gasteiger partial charge >= 0.3 is 0 Å². The summed E-state index contributed by atoms with van der Waals surface area (Å²) in [6.45, 7) is 1.87. The number of rotatable bonds is 5. The Bertz CT molecular complexity index is 769. The van der Waals surface area contributed by atoms with Crippen LogP contribution in [0, 0.1) is 5.82 Å².